The zero-order valence-electron chi connectivity index (χ0n) is 21.9. The summed E-state index contributed by atoms with van der Waals surface area (Å²) in [5.41, 5.74) is -0.464. The van der Waals surface area contributed by atoms with Crippen LogP contribution in [0.5, 0.6) is 0 Å². The molecule has 2 saturated carbocycles. The standard InChI is InChI=1S/C27H42O10/c1-25(9-15(30)12-36-24-22(34)21(33)20(32)18(11-28)37-24)7-6-16-14(8-25)4-5-19-26(16,2)10-17(31)23(35)27(19,3)13-29/h8,16-22,24,28-29,31-34H,4-7,9-13H2,1-3H3/t16-,17+,18-,19+,20-,21+,22-,24-,25+,26+,27+/m1/s1. The van der Waals surface area contributed by atoms with Gasteiger partial charge in [-0.1, -0.05) is 32.4 Å². The van der Waals surface area contributed by atoms with Crippen molar-refractivity contribution in [2.24, 2.45) is 28.1 Å². The third-order valence-electron chi connectivity index (χ3n) is 9.75. The van der Waals surface area contributed by atoms with Gasteiger partial charge in [0.1, 0.15) is 37.1 Å². The van der Waals surface area contributed by atoms with Crippen molar-refractivity contribution >= 4 is 11.6 Å². The molecule has 3 aliphatic carbocycles. The molecule has 10 nitrogen and oxygen atoms in total. The lowest BCUT2D eigenvalue weighted by Crippen LogP contribution is -2.61. The molecule has 1 aliphatic heterocycles. The number of ketones is 2. The second-order valence-electron chi connectivity index (χ2n) is 12.4. The van der Waals surface area contributed by atoms with Crippen molar-refractivity contribution < 1.29 is 49.7 Å². The molecule has 0 spiro atoms. The molecule has 1 heterocycles. The molecule has 6 N–H and O–H groups in total. The van der Waals surface area contributed by atoms with Crippen LogP contribution >= 0.6 is 0 Å². The Balaban J connectivity index is 1.42. The first-order chi connectivity index (χ1) is 17.3. The fourth-order valence-corrected chi connectivity index (χ4v) is 7.76. The molecule has 0 unspecified atom stereocenters. The minimum atomic E-state index is -1.57. The van der Waals surface area contributed by atoms with Crippen molar-refractivity contribution in [2.45, 2.75) is 96.1 Å². The van der Waals surface area contributed by atoms with E-state index in [2.05, 4.69) is 13.0 Å². The number of rotatable bonds is 7. The molecule has 0 aromatic heterocycles. The molecular weight excluding hydrogens is 484 g/mol. The van der Waals surface area contributed by atoms with Gasteiger partial charge in [0, 0.05) is 6.42 Å². The molecule has 0 radical (unpaired) electrons. The van der Waals surface area contributed by atoms with E-state index in [0.29, 0.717) is 6.42 Å². The molecule has 11 atom stereocenters. The van der Waals surface area contributed by atoms with Crippen LogP contribution in [-0.2, 0) is 19.1 Å². The van der Waals surface area contributed by atoms with Gasteiger partial charge in [-0.05, 0) is 54.8 Å². The van der Waals surface area contributed by atoms with Gasteiger partial charge < -0.3 is 40.1 Å². The van der Waals surface area contributed by atoms with Crippen LogP contribution in [0.15, 0.2) is 11.6 Å². The van der Waals surface area contributed by atoms with Gasteiger partial charge >= 0.3 is 0 Å². The molecule has 10 heteroatoms. The van der Waals surface area contributed by atoms with Crippen LogP contribution in [0.3, 0.4) is 0 Å². The molecule has 3 fully saturated rings. The van der Waals surface area contributed by atoms with Crippen LogP contribution in [0.25, 0.3) is 0 Å². The van der Waals surface area contributed by atoms with Crippen molar-refractivity contribution in [1.29, 1.82) is 0 Å². The number of carbonyl (C=O) groups excluding carboxylic acids is 2. The molecule has 0 aromatic carbocycles. The summed E-state index contributed by atoms with van der Waals surface area (Å²) in [7, 11) is 0. The first-order valence-electron chi connectivity index (χ1n) is 13.3. The molecule has 0 bridgehead atoms. The second kappa shape index (κ2) is 10.4. The molecular formula is C27H42O10. The summed E-state index contributed by atoms with van der Waals surface area (Å²) in [6.45, 7) is 4.71. The van der Waals surface area contributed by atoms with Crippen LogP contribution in [-0.4, -0.2) is 98.8 Å². The summed E-state index contributed by atoms with van der Waals surface area (Å²) in [5, 5.41) is 60.0. The fraction of sp³-hybridized carbons (Fsp3) is 0.852. The fourth-order valence-electron chi connectivity index (χ4n) is 7.76. The summed E-state index contributed by atoms with van der Waals surface area (Å²) in [6, 6.07) is 0. The quantitative estimate of drug-likeness (QED) is 0.245. The van der Waals surface area contributed by atoms with Gasteiger partial charge in [-0.3, -0.25) is 9.59 Å². The lowest BCUT2D eigenvalue weighted by molar-refractivity contribution is -0.299. The van der Waals surface area contributed by atoms with Gasteiger partial charge in [-0.2, -0.15) is 0 Å². The lowest BCUT2D eigenvalue weighted by atomic mass is 9.44. The van der Waals surface area contributed by atoms with Crippen molar-refractivity contribution in [3.63, 3.8) is 0 Å². The molecule has 4 rings (SSSR count). The van der Waals surface area contributed by atoms with E-state index < -0.39 is 54.2 Å². The normalized spacial score (nSPS) is 48.1. The predicted molar refractivity (Wildman–Crippen MR) is 130 cm³/mol. The topological polar surface area (TPSA) is 174 Å². The number of carbonyl (C=O) groups is 2. The van der Waals surface area contributed by atoms with Gasteiger partial charge in [-0.25, -0.2) is 0 Å². The number of aliphatic hydroxyl groups is 6. The number of aliphatic hydroxyl groups excluding tert-OH is 6. The number of fused-ring (bicyclic) bond motifs is 3. The van der Waals surface area contributed by atoms with E-state index in [1.807, 2.05) is 6.92 Å². The zero-order valence-corrected chi connectivity index (χ0v) is 21.9. The third-order valence-corrected chi connectivity index (χ3v) is 9.75. The van der Waals surface area contributed by atoms with Gasteiger partial charge in [-0.15, -0.1) is 0 Å². The smallest absolute Gasteiger partial charge is 0.187 e. The molecule has 210 valence electrons. The van der Waals surface area contributed by atoms with Crippen LogP contribution < -0.4 is 0 Å². The summed E-state index contributed by atoms with van der Waals surface area (Å²) in [5.74, 6) is -0.342. The molecule has 0 amide bonds. The first-order valence-corrected chi connectivity index (χ1v) is 13.3. The van der Waals surface area contributed by atoms with Gasteiger partial charge in [0.05, 0.1) is 18.6 Å². The zero-order chi connectivity index (χ0) is 27.3. The Morgan fingerprint density at radius 3 is 2.43 bits per heavy atom. The third kappa shape index (κ3) is 4.96. The van der Waals surface area contributed by atoms with E-state index in [0.717, 1.165) is 25.7 Å². The van der Waals surface area contributed by atoms with Crippen molar-refractivity contribution in [3.05, 3.63) is 11.6 Å². The van der Waals surface area contributed by atoms with Crippen molar-refractivity contribution in [3.8, 4) is 0 Å². The lowest BCUT2D eigenvalue weighted by Gasteiger charge is -2.60. The average molecular weight is 527 g/mol. The number of hydrogen-bond donors (Lipinski definition) is 6. The highest BCUT2D eigenvalue weighted by Gasteiger charge is 2.61. The Bertz CT molecular complexity index is 919. The highest BCUT2D eigenvalue weighted by molar-refractivity contribution is 5.90. The van der Waals surface area contributed by atoms with E-state index in [1.165, 1.54) is 5.57 Å². The Morgan fingerprint density at radius 2 is 1.78 bits per heavy atom. The number of hydrogen-bond acceptors (Lipinski definition) is 10. The van der Waals surface area contributed by atoms with E-state index in [-0.39, 0.29) is 48.5 Å². The maximum atomic E-state index is 12.9. The van der Waals surface area contributed by atoms with Crippen LogP contribution in [0, 0.1) is 28.1 Å². The minimum absolute atomic E-state index is 0.0269. The predicted octanol–water partition coefficient (Wildman–Crippen LogP) is -0.147. The number of ether oxygens (including phenoxy) is 2. The van der Waals surface area contributed by atoms with Gasteiger partial charge in [0.25, 0.3) is 0 Å². The first kappa shape index (κ1) is 28.8. The SMILES string of the molecule is C[C@@]1(CC(=O)CO[C@@H]2O[C@H](CO)[C@@H](O)[C@H](O)[C@H]2O)C=C2CC[C@H]3[C@@](C)(C[C@H](O)C(=O)[C@@]3(C)CO)[C@@H]2CC1. The Labute approximate surface area is 217 Å². The van der Waals surface area contributed by atoms with Crippen LogP contribution in [0.4, 0.5) is 0 Å². The Hall–Kier alpha value is -1.24. The number of allylic oxidation sites excluding steroid dienone is 2. The molecule has 1 saturated heterocycles. The molecule has 4 aliphatic rings. The second-order valence-corrected chi connectivity index (χ2v) is 12.4. The van der Waals surface area contributed by atoms with Crippen molar-refractivity contribution in [1.82, 2.24) is 0 Å². The molecule has 37 heavy (non-hydrogen) atoms. The Morgan fingerprint density at radius 1 is 1.08 bits per heavy atom. The average Bonchev–Trinajstić information content (AvgIpc) is 2.85. The largest absolute Gasteiger partial charge is 0.395 e. The maximum absolute atomic E-state index is 12.9. The number of Topliss-reactive ketones (excluding diaryl/α,β-unsaturated/α-hetero) is 2. The summed E-state index contributed by atoms with van der Waals surface area (Å²) < 4.78 is 10.7. The maximum Gasteiger partial charge on any atom is 0.187 e. The minimum Gasteiger partial charge on any atom is -0.395 e. The summed E-state index contributed by atoms with van der Waals surface area (Å²) >= 11 is 0. The van der Waals surface area contributed by atoms with Gasteiger partial charge in [0.2, 0.25) is 0 Å². The van der Waals surface area contributed by atoms with E-state index in [1.54, 1.807) is 6.92 Å². The summed E-state index contributed by atoms with van der Waals surface area (Å²) in [6.07, 6.45) is -2.37. The van der Waals surface area contributed by atoms with Crippen molar-refractivity contribution in [2.75, 3.05) is 19.8 Å². The van der Waals surface area contributed by atoms with E-state index >= 15 is 0 Å². The van der Waals surface area contributed by atoms with E-state index in [9.17, 15) is 40.2 Å². The molecule has 0 aromatic rings. The highest BCUT2D eigenvalue weighted by atomic mass is 16.7. The van der Waals surface area contributed by atoms with Crippen LogP contribution in [0.2, 0.25) is 0 Å². The highest BCUT2D eigenvalue weighted by Crippen LogP contribution is 2.63. The Kier molecular flexibility index (Phi) is 8.07. The van der Waals surface area contributed by atoms with E-state index in [4.69, 9.17) is 9.47 Å². The van der Waals surface area contributed by atoms with Crippen LogP contribution in [0.1, 0.15) is 59.3 Å². The monoisotopic (exact) mass is 526 g/mol. The summed E-state index contributed by atoms with van der Waals surface area (Å²) in [4.78, 5) is 25.7. The van der Waals surface area contributed by atoms with Gasteiger partial charge in [0.15, 0.2) is 17.9 Å².